The second-order valence-corrected chi connectivity index (χ2v) is 5.05. The Hall–Kier alpha value is -0.810. The van der Waals surface area contributed by atoms with Crippen molar-refractivity contribution in [3.8, 4) is 0 Å². The van der Waals surface area contributed by atoms with Crippen molar-refractivity contribution in [3.05, 3.63) is 22.6 Å². The van der Waals surface area contributed by atoms with E-state index in [1.807, 2.05) is 12.1 Å². The molecule has 0 saturated carbocycles. The van der Waals surface area contributed by atoms with E-state index in [0.717, 1.165) is 17.0 Å². The predicted octanol–water partition coefficient (Wildman–Crippen LogP) is 3.12. The topological polar surface area (TPSA) is 53.7 Å². The van der Waals surface area contributed by atoms with Gasteiger partial charge in [-0.25, -0.2) is 0 Å². The highest BCUT2D eigenvalue weighted by Crippen LogP contribution is 2.17. The average Bonchev–Trinajstić information content (AvgIpc) is 2.62. The number of carbonyl (C=O) groups is 1. The molecule has 0 aliphatic heterocycles. The van der Waals surface area contributed by atoms with Crippen LogP contribution in [0.15, 0.2) is 21.2 Å². The minimum atomic E-state index is -0.741. The number of furan rings is 1. The minimum absolute atomic E-state index is 0.213. The molecule has 0 spiro atoms. The Balaban J connectivity index is 2.46. The fraction of sp³-hybridized carbons (Fsp3) is 0.583. The van der Waals surface area contributed by atoms with E-state index in [2.05, 4.69) is 34.7 Å². The van der Waals surface area contributed by atoms with Crippen molar-refractivity contribution in [1.29, 1.82) is 0 Å². The largest absolute Gasteiger partial charge is 0.481 e. The Morgan fingerprint density at radius 2 is 2.24 bits per heavy atom. The van der Waals surface area contributed by atoms with E-state index >= 15 is 0 Å². The van der Waals surface area contributed by atoms with Gasteiger partial charge in [-0.3, -0.25) is 9.69 Å². The van der Waals surface area contributed by atoms with Gasteiger partial charge in [0, 0.05) is 12.5 Å². The summed E-state index contributed by atoms with van der Waals surface area (Å²) in [6, 6.07) is 4.16. The Morgan fingerprint density at radius 1 is 1.53 bits per heavy atom. The van der Waals surface area contributed by atoms with E-state index in [1.54, 1.807) is 0 Å². The number of carboxylic acid groups (broad SMARTS) is 1. The molecule has 1 rings (SSSR count). The maximum absolute atomic E-state index is 10.5. The molecule has 0 fully saturated rings. The molecule has 1 aromatic heterocycles. The zero-order valence-electron chi connectivity index (χ0n) is 10.1. The molecule has 4 nitrogen and oxygen atoms in total. The Labute approximate surface area is 110 Å². The van der Waals surface area contributed by atoms with E-state index in [0.29, 0.717) is 19.0 Å². The monoisotopic (exact) mass is 303 g/mol. The molecule has 96 valence electrons. The molecule has 0 atom stereocenters. The molecule has 0 aliphatic rings. The van der Waals surface area contributed by atoms with Gasteiger partial charge in [-0.1, -0.05) is 0 Å². The molecule has 0 saturated heterocycles. The summed E-state index contributed by atoms with van der Waals surface area (Å²) in [5.74, 6) is 0.148. The van der Waals surface area contributed by atoms with Gasteiger partial charge in [0.2, 0.25) is 0 Å². The van der Waals surface area contributed by atoms with E-state index < -0.39 is 5.97 Å². The summed E-state index contributed by atoms with van der Waals surface area (Å²) in [6.45, 7) is 5.67. The number of aliphatic carboxylic acids is 1. The summed E-state index contributed by atoms with van der Waals surface area (Å²) in [6.07, 6.45) is 0.875. The quantitative estimate of drug-likeness (QED) is 0.841. The van der Waals surface area contributed by atoms with Gasteiger partial charge < -0.3 is 9.52 Å². The van der Waals surface area contributed by atoms with E-state index in [-0.39, 0.29) is 6.42 Å². The summed E-state index contributed by atoms with van der Waals surface area (Å²) >= 11 is 3.27. The molecule has 1 heterocycles. The zero-order chi connectivity index (χ0) is 12.8. The minimum Gasteiger partial charge on any atom is -0.481 e. The maximum Gasteiger partial charge on any atom is 0.303 e. The van der Waals surface area contributed by atoms with Gasteiger partial charge >= 0.3 is 5.97 Å². The van der Waals surface area contributed by atoms with Crippen LogP contribution in [0.4, 0.5) is 0 Å². The highest BCUT2D eigenvalue weighted by atomic mass is 79.9. The first-order valence-electron chi connectivity index (χ1n) is 5.69. The highest BCUT2D eigenvalue weighted by Gasteiger charge is 2.12. The first kappa shape index (κ1) is 14.3. The van der Waals surface area contributed by atoms with Crippen LogP contribution in [-0.2, 0) is 11.3 Å². The van der Waals surface area contributed by atoms with Crippen molar-refractivity contribution in [2.75, 3.05) is 6.54 Å². The van der Waals surface area contributed by atoms with Crippen molar-refractivity contribution >= 4 is 21.9 Å². The third-order valence-corrected chi connectivity index (χ3v) is 2.98. The summed E-state index contributed by atoms with van der Waals surface area (Å²) in [5, 5.41) is 8.61. The van der Waals surface area contributed by atoms with Crippen LogP contribution >= 0.6 is 15.9 Å². The fourth-order valence-corrected chi connectivity index (χ4v) is 1.93. The lowest BCUT2D eigenvalue weighted by atomic mass is 10.2. The number of carboxylic acids is 1. The zero-order valence-corrected chi connectivity index (χ0v) is 11.7. The molecule has 0 aromatic carbocycles. The van der Waals surface area contributed by atoms with Crippen LogP contribution in [0.3, 0.4) is 0 Å². The Morgan fingerprint density at radius 3 is 2.71 bits per heavy atom. The number of rotatable bonds is 7. The molecular weight excluding hydrogens is 286 g/mol. The molecular formula is C12H18BrNO3. The Kier molecular flexibility index (Phi) is 5.71. The van der Waals surface area contributed by atoms with Gasteiger partial charge in [-0.05, 0) is 54.9 Å². The van der Waals surface area contributed by atoms with Gasteiger partial charge in [0.1, 0.15) is 5.76 Å². The van der Waals surface area contributed by atoms with Crippen LogP contribution < -0.4 is 0 Å². The average molecular weight is 304 g/mol. The summed E-state index contributed by atoms with van der Waals surface area (Å²) < 4.78 is 6.17. The van der Waals surface area contributed by atoms with E-state index in [4.69, 9.17) is 9.52 Å². The van der Waals surface area contributed by atoms with Gasteiger partial charge in [0.05, 0.1) is 6.54 Å². The molecule has 0 radical (unpaired) electrons. The van der Waals surface area contributed by atoms with Gasteiger partial charge in [-0.2, -0.15) is 0 Å². The molecule has 0 unspecified atom stereocenters. The predicted molar refractivity (Wildman–Crippen MR) is 68.8 cm³/mol. The third kappa shape index (κ3) is 5.37. The van der Waals surface area contributed by atoms with Crippen LogP contribution in [-0.4, -0.2) is 28.6 Å². The standard InChI is InChI=1S/C12H18BrNO3/c1-9(2)14(7-3-4-12(15)16)8-10-5-6-11(13)17-10/h5-6,9H,3-4,7-8H2,1-2H3,(H,15,16). The first-order valence-corrected chi connectivity index (χ1v) is 6.48. The number of halogens is 1. The van der Waals surface area contributed by atoms with Gasteiger partial charge in [-0.15, -0.1) is 0 Å². The van der Waals surface area contributed by atoms with Crippen molar-refractivity contribution in [3.63, 3.8) is 0 Å². The van der Waals surface area contributed by atoms with Crippen LogP contribution in [0.5, 0.6) is 0 Å². The molecule has 0 aliphatic carbocycles. The number of hydrogen-bond donors (Lipinski definition) is 1. The number of hydrogen-bond acceptors (Lipinski definition) is 3. The summed E-state index contributed by atoms with van der Waals surface area (Å²) in [5.41, 5.74) is 0. The van der Waals surface area contributed by atoms with E-state index in [9.17, 15) is 4.79 Å². The van der Waals surface area contributed by atoms with Crippen molar-refractivity contribution < 1.29 is 14.3 Å². The van der Waals surface area contributed by atoms with E-state index in [1.165, 1.54) is 0 Å². The van der Waals surface area contributed by atoms with Crippen molar-refractivity contribution in [1.82, 2.24) is 4.90 Å². The second kappa shape index (κ2) is 6.81. The van der Waals surface area contributed by atoms with Crippen molar-refractivity contribution in [2.45, 2.75) is 39.3 Å². The Bertz CT molecular complexity index is 362. The SMILES string of the molecule is CC(C)N(CCCC(=O)O)Cc1ccc(Br)o1. The van der Waals surface area contributed by atoms with Crippen LogP contribution in [0.2, 0.25) is 0 Å². The fourth-order valence-electron chi connectivity index (χ4n) is 1.59. The lowest BCUT2D eigenvalue weighted by molar-refractivity contribution is -0.137. The maximum atomic E-state index is 10.5. The lowest BCUT2D eigenvalue weighted by Gasteiger charge is -2.25. The molecule has 17 heavy (non-hydrogen) atoms. The third-order valence-electron chi connectivity index (χ3n) is 2.55. The smallest absolute Gasteiger partial charge is 0.303 e. The second-order valence-electron chi connectivity index (χ2n) is 4.27. The van der Waals surface area contributed by atoms with Gasteiger partial charge in [0.25, 0.3) is 0 Å². The molecule has 1 N–H and O–H groups in total. The van der Waals surface area contributed by atoms with Gasteiger partial charge in [0.15, 0.2) is 4.67 Å². The summed E-state index contributed by atoms with van der Waals surface area (Å²) in [7, 11) is 0. The molecule has 5 heteroatoms. The number of nitrogens with zero attached hydrogens (tertiary/aromatic N) is 1. The highest BCUT2D eigenvalue weighted by molar-refractivity contribution is 9.10. The molecule has 0 bridgehead atoms. The van der Waals surface area contributed by atoms with Crippen LogP contribution in [0.25, 0.3) is 0 Å². The van der Waals surface area contributed by atoms with Crippen LogP contribution in [0, 0.1) is 0 Å². The molecule has 1 aromatic rings. The van der Waals surface area contributed by atoms with Crippen LogP contribution in [0.1, 0.15) is 32.4 Å². The summed E-state index contributed by atoms with van der Waals surface area (Å²) in [4.78, 5) is 12.7. The molecule has 0 amide bonds. The normalized spacial score (nSPS) is 11.4. The lowest BCUT2D eigenvalue weighted by Crippen LogP contribution is -2.31. The first-order chi connectivity index (χ1) is 7.99. The van der Waals surface area contributed by atoms with Crippen molar-refractivity contribution in [2.24, 2.45) is 0 Å².